The van der Waals surface area contributed by atoms with Crippen LogP contribution >= 0.6 is 11.6 Å². The first-order valence-corrected chi connectivity index (χ1v) is 10.8. The maximum Gasteiger partial charge on any atom is 0.238 e. The molecule has 156 valence electrons. The van der Waals surface area contributed by atoms with Crippen LogP contribution < -0.4 is 4.90 Å². The molecule has 3 fully saturated rings. The van der Waals surface area contributed by atoms with Crippen LogP contribution in [-0.2, 0) is 14.4 Å². The Morgan fingerprint density at radius 3 is 2.26 bits per heavy atom. The number of ketones is 1. The molecule has 6 nitrogen and oxygen atoms in total. The Morgan fingerprint density at radius 2 is 1.61 bits per heavy atom. The van der Waals surface area contributed by atoms with E-state index in [9.17, 15) is 14.4 Å². The van der Waals surface area contributed by atoms with Crippen molar-refractivity contribution in [3.05, 3.63) is 64.7 Å². The third-order valence-electron chi connectivity index (χ3n) is 7.36. The van der Waals surface area contributed by atoms with Gasteiger partial charge in [-0.25, -0.2) is 0 Å². The van der Waals surface area contributed by atoms with Gasteiger partial charge in [0, 0.05) is 22.4 Å². The van der Waals surface area contributed by atoms with Crippen molar-refractivity contribution in [3.63, 3.8) is 0 Å². The summed E-state index contributed by atoms with van der Waals surface area (Å²) in [6.45, 7) is 1.49. The van der Waals surface area contributed by atoms with E-state index in [-0.39, 0.29) is 53.3 Å². The van der Waals surface area contributed by atoms with Crippen LogP contribution in [0.5, 0.6) is 0 Å². The Hall–Kier alpha value is -2.99. The molecule has 0 aromatic heterocycles. The molecular formula is C24H19ClN2O4. The lowest BCUT2D eigenvalue weighted by Crippen LogP contribution is -2.41. The van der Waals surface area contributed by atoms with Gasteiger partial charge in [0.05, 0.1) is 23.2 Å². The van der Waals surface area contributed by atoms with Gasteiger partial charge in [-0.3, -0.25) is 19.3 Å². The van der Waals surface area contributed by atoms with Crippen molar-refractivity contribution in [2.45, 2.75) is 19.4 Å². The predicted octanol–water partition coefficient (Wildman–Crippen LogP) is 3.72. The van der Waals surface area contributed by atoms with E-state index >= 15 is 0 Å². The minimum Gasteiger partial charge on any atom is -0.391 e. The van der Waals surface area contributed by atoms with E-state index in [2.05, 4.69) is 5.16 Å². The van der Waals surface area contributed by atoms with Crippen molar-refractivity contribution < 1.29 is 19.2 Å². The largest absolute Gasteiger partial charge is 0.391 e. The van der Waals surface area contributed by atoms with Crippen molar-refractivity contribution in [2.24, 2.45) is 34.7 Å². The molecular weight excluding hydrogens is 416 g/mol. The number of amides is 2. The molecule has 4 aliphatic rings. The quantitative estimate of drug-likeness (QED) is 0.545. The molecule has 2 saturated carbocycles. The molecule has 0 radical (unpaired) electrons. The number of benzene rings is 2. The number of oxime groups is 1. The fourth-order valence-corrected chi connectivity index (χ4v) is 6.21. The smallest absolute Gasteiger partial charge is 0.238 e. The lowest BCUT2D eigenvalue weighted by molar-refractivity contribution is -0.125. The number of imide groups is 1. The van der Waals surface area contributed by atoms with Crippen LogP contribution in [0, 0.1) is 29.6 Å². The molecule has 2 aromatic carbocycles. The van der Waals surface area contributed by atoms with E-state index in [1.54, 1.807) is 24.3 Å². The minimum atomic E-state index is -0.369. The summed E-state index contributed by atoms with van der Waals surface area (Å²) in [5.74, 6) is -1.10. The van der Waals surface area contributed by atoms with Gasteiger partial charge in [-0.2, -0.15) is 0 Å². The molecule has 0 unspecified atom stereocenters. The summed E-state index contributed by atoms with van der Waals surface area (Å²) in [6, 6.07) is 14.1. The Bertz CT molecular complexity index is 1160. The number of nitrogens with zero attached hydrogens (tertiary/aromatic N) is 2. The van der Waals surface area contributed by atoms with Crippen LogP contribution in [0.1, 0.15) is 29.3 Å². The normalized spacial score (nSPS) is 32.7. The van der Waals surface area contributed by atoms with Gasteiger partial charge < -0.3 is 4.84 Å². The summed E-state index contributed by atoms with van der Waals surface area (Å²) >= 11 is 6.02. The zero-order chi connectivity index (χ0) is 21.4. The Labute approximate surface area is 183 Å². The fourth-order valence-electron chi connectivity index (χ4n) is 6.08. The van der Waals surface area contributed by atoms with Gasteiger partial charge in [-0.1, -0.05) is 28.9 Å². The molecule has 0 N–H and O–H groups in total. The zero-order valence-corrected chi connectivity index (χ0v) is 17.5. The maximum atomic E-state index is 13.4. The average Bonchev–Trinajstić information content (AvgIpc) is 3.49. The summed E-state index contributed by atoms with van der Waals surface area (Å²) in [4.78, 5) is 45.4. The number of carbonyl (C=O) groups is 3. The Morgan fingerprint density at radius 1 is 0.968 bits per heavy atom. The fraction of sp³-hybridized carbons (Fsp3) is 0.333. The summed E-state index contributed by atoms with van der Waals surface area (Å²) < 4.78 is 0. The molecule has 2 amide bonds. The summed E-state index contributed by atoms with van der Waals surface area (Å²) in [6.07, 6.45) is 0.625. The monoisotopic (exact) mass is 434 g/mol. The predicted molar refractivity (Wildman–Crippen MR) is 114 cm³/mol. The van der Waals surface area contributed by atoms with E-state index in [0.29, 0.717) is 16.3 Å². The molecule has 1 saturated heterocycles. The number of halogens is 1. The second-order valence-electron chi connectivity index (χ2n) is 8.81. The standard InChI is InChI=1S/C24H19ClN2O4/c1-11(28)12-4-8-15(9-5-12)27-23(29)18-16-10-17(19(18)24(27)30)22-20(16)21(26-31-22)13-2-6-14(25)7-3-13/h2-9,16-20,22H,10H2,1H3/t16-,17+,18-,19+,20+,22+/m1/s1. The number of fused-ring (bicyclic) bond motifs is 8. The third-order valence-corrected chi connectivity index (χ3v) is 7.61. The second-order valence-corrected chi connectivity index (χ2v) is 9.25. The molecule has 0 spiro atoms. The molecule has 2 heterocycles. The van der Waals surface area contributed by atoms with Crippen LogP contribution in [0.2, 0.25) is 5.02 Å². The van der Waals surface area contributed by atoms with Crippen LogP contribution in [0.3, 0.4) is 0 Å². The van der Waals surface area contributed by atoms with E-state index < -0.39 is 0 Å². The van der Waals surface area contributed by atoms with Crippen LogP contribution in [0.4, 0.5) is 5.69 Å². The number of Topliss-reactive ketones (excluding diaryl/α,β-unsaturated/α-hetero) is 1. The first-order chi connectivity index (χ1) is 15.0. The lowest BCUT2D eigenvalue weighted by atomic mass is 9.71. The second kappa shape index (κ2) is 6.50. The van der Waals surface area contributed by atoms with E-state index in [4.69, 9.17) is 16.4 Å². The summed E-state index contributed by atoms with van der Waals surface area (Å²) in [5.41, 5.74) is 2.85. The molecule has 2 aromatic rings. The first-order valence-electron chi connectivity index (χ1n) is 10.4. The van der Waals surface area contributed by atoms with Crippen LogP contribution in [0.15, 0.2) is 53.7 Å². The molecule has 2 aliphatic heterocycles. The summed E-state index contributed by atoms with van der Waals surface area (Å²) in [5, 5.41) is 5.00. The SMILES string of the molecule is CC(=O)c1ccc(N2C(=O)[C@@H]3[C@H]4C[C@H]([C@@H]5ON=C(c6ccc(Cl)cc6)[C@H]45)[C@@H]3C2=O)cc1. The van der Waals surface area contributed by atoms with Gasteiger partial charge in [0.1, 0.15) is 6.10 Å². The first kappa shape index (κ1) is 18.8. The Balaban J connectivity index is 1.32. The van der Waals surface area contributed by atoms with Gasteiger partial charge in [-0.15, -0.1) is 0 Å². The number of hydrogen-bond donors (Lipinski definition) is 0. The topological polar surface area (TPSA) is 76.0 Å². The third kappa shape index (κ3) is 2.51. The maximum absolute atomic E-state index is 13.4. The number of rotatable bonds is 3. The highest BCUT2D eigenvalue weighted by molar-refractivity contribution is 6.30. The van der Waals surface area contributed by atoms with E-state index in [1.165, 1.54) is 11.8 Å². The number of anilines is 1. The van der Waals surface area contributed by atoms with Crippen molar-refractivity contribution >= 4 is 40.6 Å². The van der Waals surface area contributed by atoms with Crippen LogP contribution in [0.25, 0.3) is 0 Å². The highest BCUT2D eigenvalue weighted by Crippen LogP contribution is 2.62. The molecule has 6 atom stereocenters. The molecule has 2 bridgehead atoms. The molecule has 6 rings (SSSR count). The van der Waals surface area contributed by atoms with Crippen molar-refractivity contribution in [3.8, 4) is 0 Å². The highest BCUT2D eigenvalue weighted by Gasteiger charge is 2.70. The highest BCUT2D eigenvalue weighted by atomic mass is 35.5. The molecule has 2 aliphatic carbocycles. The van der Waals surface area contributed by atoms with Crippen molar-refractivity contribution in [2.75, 3.05) is 4.90 Å². The average molecular weight is 435 g/mol. The van der Waals surface area contributed by atoms with Crippen LogP contribution in [-0.4, -0.2) is 29.4 Å². The molecule has 31 heavy (non-hydrogen) atoms. The lowest BCUT2D eigenvalue weighted by Gasteiger charge is -2.29. The minimum absolute atomic E-state index is 0.00390. The van der Waals surface area contributed by atoms with Gasteiger partial charge >= 0.3 is 0 Å². The number of hydrogen-bond acceptors (Lipinski definition) is 5. The van der Waals surface area contributed by atoms with Gasteiger partial charge in [0.2, 0.25) is 11.8 Å². The number of carbonyl (C=O) groups excluding carboxylic acids is 3. The molecule has 7 heteroatoms. The van der Waals surface area contributed by atoms with E-state index in [0.717, 1.165) is 17.7 Å². The van der Waals surface area contributed by atoms with Gasteiger partial charge in [-0.05, 0) is 61.2 Å². The van der Waals surface area contributed by atoms with Gasteiger partial charge in [0.25, 0.3) is 0 Å². The van der Waals surface area contributed by atoms with Crippen molar-refractivity contribution in [1.29, 1.82) is 0 Å². The van der Waals surface area contributed by atoms with E-state index in [1.807, 2.05) is 24.3 Å². The van der Waals surface area contributed by atoms with Crippen molar-refractivity contribution in [1.82, 2.24) is 0 Å². The zero-order valence-electron chi connectivity index (χ0n) is 16.7. The summed E-state index contributed by atoms with van der Waals surface area (Å²) in [7, 11) is 0. The Kier molecular flexibility index (Phi) is 3.93. The van der Waals surface area contributed by atoms with Gasteiger partial charge in [0.15, 0.2) is 5.78 Å².